The van der Waals surface area contributed by atoms with E-state index in [0.717, 1.165) is 48.1 Å². The summed E-state index contributed by atoms with van der Waals surface area (Å²) in [4.78, 5) is 46.9. The van der Waals surface area contributed by atoms with Gasteiger partial charge in [-0.3, -0.25) is 4.79 Å². The first-order valence-corrected chi connectivity index (χ1v) is 11.7. The molecular weight excluding hydrogens is 448 g/mol. The molecule has 1 aliphatic heterocycles. The number of fused-ring (bicyclic) bond motifs is 1. The van der Waals surface area contributed by atoms with E-state index in [2.05, 4.69) is 40.6 Å². The van der Waals surface area contributed by atoms with Gasteiger partial charge in [0.05, 0.1) is 0 Å². The number of piperazine rings is 1. The zero-order chi connectivity index (χ0) is 24.4. The Morgan fingerprint density at radius 3 is 2.17 bits per heavy atom. The smallest absolute Gasteiger partial charge is 0.353 e. The molecule has 0 unspecified atom stereocenters. The second kappa shape index (κ2) is 9.49. The van der Waals surface area contributed by atoms with Gasteiger partial charge in [-0.05, 0) is 38.1 Å². The number of nitrogens with one attached hydrogen (secondary N) is 3. The third kappa shape index (κ3) is 4.18. The summed E-state index contributed by atoms with van der Waals surface area (Å²) in [6, 6.07) is 9.82. The highest BCUT2D eigenvalue weighted by Crippen LogP contribution is 2.22. The zero-order valence-corrected chi connectivity index (χ0v) is 19.7. The van der Waals surface area contributed by atoms with Gasteiger partial charge in [-0.1, -0.05) is 6.07 Å². The highest BCUT2D eigenvalue weighted by atomic mass is 16.2. The zero-order valence-electron chi connectivity index (χ0n) is 19.7. The van der Waals surface area contributed by atoms with Crippen molar-refractivity contribution >= 4 is 22.8 Å². The van der Waals surface area contributed by atoms with E-state index in [9.17, 15) is 9.59 Å². The Labute approximate surface area is 201 Å². The van der Waals surface area contributed by atoms with Crippen molar-refractivity contribution in [2.45, 2.75) is 13.8 Å². The van der Waals surface area contributed by atoms with Gasteiger partial charge in [-0.25, -0.2) is 19.7 Å². The van der Waals surface area contributed by atoms with Crippen LogP contribution in [0.4, 0.5) is 11.6 Å². The van der Waals surface area contributed by atoms with E-state index in [4.69, 9.17) is 0 Å². The fourth-order valence-electron chi connectivity index (χ4n) is 4.22. The van der Waals surface area contributed by atoms with Crippen LogP contribution in [-0.2, 0) is 0 Å². The minimum Gasteiger partial charge on any atom is -0.353 e. The highest BCUT2D eigenvalue weighted by molar-refractivity contribution is 5.75. The van der Waals surface area contributed by atoms with Crippen LogP contribution < -0.4 is 31.9 Å². The quantitative estimate of drug-likeness (QED) is 0.355. The maximum absolute atomic E-state index is 12.9. The van der Waals surface area contributed by atoms with Crippen molar-refractivity contribution in [1.29, 1.82) is 0 Å². The van der Waals surface area contributed by atoms with Crippen molar-refractivity contribution in [3.63, 3.8) is 0 Å². The van der Waals surface area contributed by atoms with Crippen LogP contribution in [0.5, 0.6) is 0 Å². The predicted octanol–water partition coefficient (Wildman–Crippen LogP) is 0.797. The van der Waals surface area contributed by atoms with E-state index in [1.54, 1.807) is 6.20 Å². The molecule has 1 aliphatic rings. The number of anilines is 2. The fourth-order valence-corrected chi connectivity index (χ4v) is 4.22. The largest absolute Gasteiger partial charge is 0.370 e. The van der Waals surface area contributed by atoms with Crippen LogP contribution in [0.3, 0.4) is 0 Å². The average molecular weight is 477 g/mol. The fraction of sp³-hybridized carbons (Fsp3) is 0.348. The van der Waals surface area contributed by atoms with Crippen LogP contribution in [0.25, 0.3) is 22.6 Å². The summed E-state index contributed by atoms with van der Waals surface area (Å²) in [5.74, 6) is 2.34. The number of nitrogens with zero attached hydrogens (tertiary/aromatic N) is 7. The molecule has 12 nitrogen and oxygen atoms in total. The molecule has 3 N–H and O–H groups in total. The lowest BCUT2D eigenvalue weighted by Gasteiger charge is -2.36. The second-order valence-electron chi connectivity index (χ2n) is 8.13. The first-order chi connectivity index (χ1) is 17.1. The minimum absolute atomic E-state index is 0.233. The molecule has 0 aliphatic carbocycles. The van der Waals surface area contributed by atoms with Gasteiger partial charge in [0, 0.05) is 57.2 Å². The standard InChI is InChI=1S/C23H28N10O2/c1-3-26-32-21-19(22(34)33(23(32)35)27-4-2)28-20(29-21)16-8-9-18(25-15-16)31-13-11-30(12-14-31)17-7-5-6-10-24-17/h5-10,15,26-27H,3-4,11-14H2,1-2H3,(H,28,29). The van der Waals surface area contributed by atoms with Crippen molar-refractivity contribution in [2.24, 2.45) is 0 Å². The van der Waals surface area contributed by atoms with Crippen molar-refractivity contribution in [3.05, 3.63) is 63.6 Å². The van der Waals surface area contributed by atoms with Gasteiger partial charge in [0.25, 0.3) is 0 Å². The molecule has 5 rings (SSSR count). The summed E-state index contributed by atoms with van der Waals surface area (Å²) < 4.78 is 2.27. The molecule has 4 aromatic heterocycles. The molecular formula is C23H28N10O2. The van der Waals surface area contributed by atoms with Crippen molar-refractivity contribution in [1.82, 2.24) is 29.3 Å². The summed E-state index contributed by atoms with van der Waals surface area (Å²) in [5.41, 5.74) is 5.97. The Hall–Kier alpha value is -4.35. The minimum atomic E-state index is -0.525. The van der Waals surface area contributed by atoms with Gasteiger partial charge >= 0.3 is 11.2 Å². The van der Waals surface area contributed by atoms with Gasteiger partial charge in [-0.2, -0.15) is 9.35 Å². The molecule has 0 radical (unpaired) electrons. The van der Waals surface area contributed by atoms with E-state index in [1.165, 1.54) is 4.68 Å². The molecule has 0 amide bonds. The van der Waals surface area contributed by atoms with Crippen LogP contribution >= 0.6 is 0 Å². The maximum atomic E-state index is 12.9. The van der Waals surface area contributed by atoms with Crippen LogP contribution in [0.15, 0.2) is 52.3 Å². The Morgan fingerprint density at radius 2 is 1.57 bits per heavy atom. The summed E-state index contributed by atoms with van der Waals surface area (Å²) in [6.45, 7) is 8.01. The van der Waals surface area contributed by atoms with Crippen molar-refractivity contribution in [3.8, 4) is 11.4 Å². The lowest BCUT2D eigenvalue weighted by atomic mass is 10.2. The van der Waals surface area contributed by atoms with E-state index in [0.29, 0.717) is 18.9 Å². The van der Waals surface area contributed by atoms with E-state index < -0.39 is 11.2 Å². The highest BCUT2D eigenvalue weighted by Gasteiger charge is 2.20. The summed E-state index contributed by atoms with van der Waals surface area (Å²) >= 11 is 0. The Morgan fingerprint density at radius 1 is 0.886 bits per heavy atom. The molecule has 0 spiro atoms. The molecule has 0 atom stereocenters. The Bertz CT molecular complexity index is 1420. The molecule has 182 valence electrons. The van der Waals surface area contributed by atoms with E-state index in [1.807, 2.05) is 50.4 Å². The topological polar surface area (TPSA) is 129 Å². The monoisotopic (exact) mass is 476 g/mol. The molecule has 0 saturated carbocycles. The molecule has 12 heteroatoms. The molecule has 0 aromatic carbocycles. The number of aromatic nitrogens is 6. The Kier molecular flexibility index (Phi) is 6.08. The van der Waals surface area contributed by atoms with Crippen molar-refractivity contribution < 1.29 is 0 Å². The van der Waals surface area contributed by atoms with Crippen molar-refractivity contribution in [2.75, 3.05) is 59.9 Å². The summed E-state index contributed by atoms with van der Waals surface area (Å²) in [6.07, 6.45) is 3.55. The van der Waals surface area contributed by atoms with Crippen LogP contribution in [0.2, 0.25) is 0 Å². The van der Waals surface area contributed by atoms with Crippen LogP contribution in [-0.4, -0.2) is 68.6 Å². The summed E-state index contributed by atoms with van der Waals surface area (Å²) in [5, 5.41) is 0. The first kappa shape index (κ1) is 22.4. The number of H-pyrrole nitrogens is 1. The number of aromatic amines is 1. The lowest BCUT2D eigenvalue weighted by Crippen LogP contribution is -2.47. The molecule has 4 aromatic rings. The average Bonchev–Trinajstić information content (AvgIpc) is 3.35. The van der Waals surface area contributed by atoms with E-state index in [-0.39, 0.29) is 11.2 Å². The van der Waals surface area contributed by atoms with Gasteiger partial charge in [0.2, 0.25) is 0 Å². The van der Waals surface area contributed by atoms with E-state index >= 15 is 0 Å². The number of hydrogen-bond acceptors (Lipinski definition) is 9. The van der Waals surface area contributed by atoms with Crippen LogP contribution in [0, 0.1) is 0 Å². The third-order valence-electron chi connectivity index (χ3n) is 5.93. The molecule has 5 heterocycles. The second-order valence-corrected chi connectivity index (χ2v) is 8.13. The van der Waals surface area contributed by atoms with Crippen LogP contribution in [0.1, 0.15) is 13.8 Å². The van der Waals surface area contributed by atoms with Gasteiger partial charge in [-0.15, -0.1) is 0 Å². The number of hydrogen-bond donors (Lipinski definition) is 3. The number of imidazole rings is 1. The van der Waals surface area contributed by atoms with Gasteiger partial charge < -0.3 is 25.6 Å². The predicted molar refractivity (Wildman–Crippen MR) is 136 cm³/mol. The SMILES string of the molecule is CCNn1c(=O)c2[nH]c(-c3ccc(N4CCN(c5ccccn5)CC4)nc3)nc2n(NCC)c1=O. The first-order valence-electron chi connectivity index (χ1n) is 11.7. The van der Waals surface area contributed by atoms with Gasteiger partial charge in [0.15, 0.2) is 11.2 Å². The number of pyridine rings is 2. The third-order valence-corrected chi connectivity index (χ3v) is 5.93. The van der Waals surface area contributed by atoms with Gasteiger partial charge in [0.1, 0.15) is 17.5 Å². The molecule has 0 bridgehead atoms. The maximum Gasteiger partial charge on any atom is 0.370 e. The summed E-state index contributed by atoms with van der Waals surface area (Å²) in [7, 11) is 0. The normalized spacial score (nSPS) is 13.9. The Balaban J connectivity index is 1.39. The molecule has 1 fully saturated rings. The molecule has 35 heavy (non-hydrogen) atoms. The molecule has 1 saturated heterocycles. The number of rotatable bonds is 7. The lowest BCUT2D eigenvalue weighted by molar-refractivity contribution is 0.642.